The molecule has 1 aliphatic rings. The monoisotopic (exact) mass is 347 g/mol. The van der Waals surface area contributed by atoms with Crippen LogP contribution in [0.25, 0.3) is 0 Å². The summed E-state index contributed by atoms with van der Waals surface area (Å²) in [7, 11) is 0. The van der Waals surface area contributed by atoms with Crippen LogP contribution in [0.2, 0.25) is 5.02 Å². The van der Waals surface area contributed by atoms with Gasteiger partial charge in [0.15, 0.2) is 18.1 Å². The Bertz CT molecular complexity index is 717. The number of hydrogen-bond acceptors (Lipinski definition) is 4. The molecule has 126 valence electrons. The van der Waals surface area contributed by atoms with Crippen molar-refractivity contribution in [3.8, 4) is 17.2 Å². The van der Waals surface area contributed by atoms with Crippen LogP contribution in [0.4, 0.5) is 0 Å². The van der Waals surface area contributed by atoms with Crippen molar-refractivity contribution in [3.05, 3.63) is 53.1 Å². The molecule has 24 heavy (non-hydrogen) atoms. The van der Waals surface area contributed by atoms with Crippen LogP contribution in [0.5, 0.6) is 17.2 Å². The molecule has 0 spiro atoms. The molecule has 5 nitrogen and oxygen atoms in total. The van der Waals surface area contributed by atoms with Gasteiger partial charge in [-0.3, -0.25) is 4.79 Å². The Kier molecular flexibility index (Phi) is 5.11. The highest BCUT2D eigenvalue weighted by molar-refractivity contribution is 6.30. The molecule has 0 aromatic heterocycles. The van der Waals surface area contributed by atoms with E-state index in [1.807, 2.05) is 25.1 Å². The summed E-state index contributed by atoms with van der Waals surface area (Å²) in [6.07, 6.45) is 0. The van der Waals surface area contributed by atoms with E-state index in [4.69, 9.17) is 25.8 Å². The molecule has 0 fully saturated rings. The van der Waals surface area contributed by atoms with Crippen LogP contribution in [0.15, 0.2) is 42.5 Å². The van der Waals surface area contributed by atoms with Crippen molar-refractivity contribution >= 4 is 17.5 Å². The van der Waals surface area contributed by atoms with E-state index in [-0.39, 0.29) is 19.3 Å². The van der Waals surface area contributed by atoms with Crippen molar-refractivity contribution in [2.24, 2.45) is 0 Å². The average molecular weight is 348 g/mol. The summed E-state index contributed by atoms with van der Waals surface area (Å²) in [5.41, 5.74) is 0.987. The van der Waals surface area contributed by atoms with Gasteiger partial charge in [0, 0.05) is 18.1 Å². The molecule has 0 atom stereocenters. The highest BCUT2D eigenvalue weighted by atomic mass is 35.5. The zero-order valence-corrected chi connectivity index (χ0v) is 14.1. The lowest BCUT2D eigenvalue weighted by molar-refractivity contribution is -0.133. The van der Waals surface area contributed by atoms with E-state index in [1.54, 1.807) is 29.2 Å². The van der Waals surface area contributed by atoms with Crippen molar-refractivity contribution in [3.63, 3.8) is 0 Å². The first-order valence-corrected chi connectivity index (χ1v) is 8.08. The largest absolute Gasteiger partial charge is 0.484 e. The lowest BCUT2D eigenvalue weighted by Gasteiger charge is -2.21. The molecule has 0 saturated carbocycles. The summed E-state index contributed by atoms with van der Waals surface area (Å²) in [5, 5.41) is 0.631. The number of fused-ring (bicyclic) bond motifs is 1. The van der Waals surface area contributed by atoms with E-state index in [0.717, 1.165) is 11.3 Å². The minimum atomic E-state index is -0.0786. The van der Waals surface area contributed by atoms with Crippen LogP contribution in [0.3, 0.4) is 0 Å². The van der Waals surface area contributed by atoms with Crippen molar-refractivity contribution < 1.29 is 19.0 Å². The lowest BCUT2D eigenvalue weighted by atomic mass is 10.2. The third kappa shape index (κ3) is 3.92. The fraction of sp³-hybridized carbons (Fsp3) is 0.278. The Balaban J connectivity index is 1.58. The lowest BCUT2D eigenvalue weighted by Crippen LogP contribution is -2.34. The van der Waals surface area contributed by atoms with Crippen LogP contribution in [-0.4, -0.2) is 30.8 Å². The van der Waals surface area contributed by atoms with Crippen molar-refractivity contribution in [2.45, 2.75) is 13.5 Å². The van der Waals surface area contributed by atoms with E-state index in [0.29, 0.717) is 29.6 Å². The zero-order valence-electron chi connectivity index (χ0n) is 13.3. The molecule has 0 unspecified atom stereocenters. The summed E-state index contributed by atoms with van der Waals surface area (Å²) in [6, 6.07) is 12.6. The molecule has 0 radical (unpaired) electrons. The van der Waals surface area contributed by atoms with Crippen molar-refractivity contribution in [1.29, 1.82) is 0 Å². The van der Waals surface area contributed by atoms with Crippen molar-refractivity contribution in [2.75, 3.05) is 19.9 Å². The Hall–Kier alpha value is -2.40. The third-order valence-corrected chi connectivity index (χ3v) is 3.97. The minimum absolute atomic E-state index is 0.0139. The second-order valence-corrected chi connectivity index (χ2v) is 5.77. The van der Waals surface area contributed by atoms with Gasteiger partial charge < -0.3 is 19.1 Å². The van der Waals surface area contributed by atoms with Gasteiger partial charge >= 0.3 is 0 Å². The number of nitrogens with zero attached hydrogens (tertiary/aromatic N) is 1. The fourth-order valence-corrected chi connectivity index (χ4v) is 2.53. The Morgan fingerprint density at radius 2 is 1.92 bits per heavy atom. The molecule has 1 aliphatic heterocycles. The number of benzene rings is 2. The van der Waals surface area contributed by atoms with Gasteiger partial charge in [0.25, 0.3) is 5.91 Å². The second-order valence-electron chi connectivity index (χ2n) is 5.34. The van der Waals surface area contributed by atoms with Gasteiger partial charge in [0.2, 0.25) is 6.79 Å². The summed E-state index contributed by atoms with van der Waals surface area (Å²) >= 11 is 5.83. The average Bonchev–Trinajstić information content (AvgIpc) is 3.06. The predicted octanol–water partition coefficient (Wildman–Crippen LogP) is 3.50. The maximum atomic E-state index is 12.4. The van der Waals surface area contributed by atoms with Gasteiger partial charge in [-0.15, -0.1) is 0 Å². The third-order valence-electron chi connectivity index (χ3n) is 3.72. The Morgan fingerprint density at radius 1 is 1.17 bits per heavy atom. The molecule has 1 heterocycles. The first-order chi connectivity index (χ1) is 11.7. The van der Waals surface area contributed by atoms with Crippen LogP contribution in [-0.2, 0) is 11.3 Å². The standard InChI is InChI=1S/C18H18ClNO4/c1-2-20(10-13-3-8-16-17(9-13)24-12-23-16)18(21)11-22-15-6-4-14(19)5-7-15/h3-9H,2,10-12H2,1H3. The number of carbonyl (C=O) groups excluding carboxylic acids is 1. The van der Waals surface area contributed by atoms with Crippen molar-refractivity contribution in [1.82, 2.24) is 4.90 Å². The van der Waals surface area contributed by atoms with Crippen LogP contribution in [0, 0.1) is 0 Å². The summed E-state index contributed by atoms with van der Waals surface area (Å²) in [6.45, 7) is 3.25. The predicted molar refractivity (Wildman–Crippen MR) is 90.6 cm³/mol. The first kappa shape index (κ1) is 16.5. The first-order valence-electron chi connectivity index (χ1n) is 7.70. The topological polar surface area (TPSA) is 48.0 Å². The Morgan fingerprint density at radius 3 is 2.67 bits per heavy atom. The summed E-state index contributed by atoms with van der Waals surface area (Å²) < 4.78 is 16.2. The highest BCUT2D eigenvalue weighted by Gasteiger charge is 2.17. The number of likely N-dealkylation sites (N-methyl/N-ethyl adjacent to an activating group) is 1. The van der Waals surface area contributed by atoms with E-state index in [9.17, 15) is 4.79 Å². The van der Waals surface area contributed by atoms with Crippen LogP contribution >= 0.6 is 11.6 Å². The molecule has 0 aliphatic carbocycles. The van der Waals surface area contributed by atoms with Gasteiger partial charge in [0.1, 0.15) is 5.75 Å². The normalized spacial score (nSPS) is 12.1. The molecule has 0 N–H and O–H groups in total. The molecule has 6 heteroatoms. The molecular formula is C18H18ClNO4. The van der Waals surface area contributed by atoms with Gasteiger partial charge in [-0.05, 0) is 48.9 Å². The molecule has 3 rings (SSSR count). The molecule has 0 saturated heterocycles. The maximum absolute atomic E-state index is 12.4. The van der Waals surface area contributed by atoms with Crippen LogP contribution < -0.4 is 14.2 Å². The fourth-order valence-electron chi connectivity index (χ4n) is 2.40. The quantitative estimate of drug-likeness (QED) is 0.802. The maximum Gasteiger partial charge on any atom is 0.260 e. The SMILES string of the molecule is CCN(Cc1ccc2c(c1)OCO2)C(=O)COc1ccc(Cl)cc1. The second kappa shape index (κ2) is 7.45. The van der Waals surface area contributed by atoms with Gasteiger partial charge in [-0.1, -0.05) is 17.7 Å². The van der Waals surface area contributed by atoms with E-state index in [2.05, 4.69) is 0 Å². The molecule has 0 bridgehead atoms. The number of hydrogen-bond donors (Lipinski definition) is 0. The Labute approximate surface area is 145 Å². The molecule has 2 aromatic rings. The van der Waals surface area contributed by atoms with E-state index < -0.39 is 0 Å². The van der Waals surface area contributed by atoms with E-state index in [1.165, 1.54) is 0 Å². The molecule has 2 aromatic carbocycles. The van der Waals surface area contributed by atoms with E-state index >= 15 is 0 Å². The number of carbonyl (C=O) groups is 1. The minimum Gasteiger partial charge on any atom is -0.484 e. The highest BCUT2D eigenvalue weighted by Crippen LogP contribution is 2.32. The summed E-state index contributed by atoms with van der Waals surface area (Å²) in [4.78, 5) is 14.1. The van der Waals surface area contributed by atoms with Gasteiger partial charge in [-0.25, -0.2) is 0 Å². The molecular weight excluding hydrogens is 330 g/mol. The van der Waals surface area contributed by atoms with Crippen LogP contribution in [0.1, 0.15) is 12.5 Å². The zero-order chi connectivity index (χ0) is 16.9. The smallest absolute Gasteiger partial charge is 0.260 e. The number of rotatable bonds is 6. The van der Waals surface area contributed by atoms with Gasteiger partial charge in [-0.2, -0.15) is 0 Å². The number of ether oxygens (including phenoxy) is 3. The number of amides is 1. The number of halogens is 1. The molecule has 1 amide bonds. The van der Waals surface area contributed by atoms with Gasteiger partial charge in [0.05, 0.1) is 0 Å². The summed E-state index contributed by atoms with van der Waals surface area (Å²) in [5.74, 6) is 1.99.